The van der Waals surface area contributed by atoms with Gasteiger partial charge in [0, 0.05) is 25.5 Å². The van der Waals surface area contributed by atoms with Crippen LogP contribution in [0.15, 0.2) is 30.7 Å². The topological polar surface area (TPSA) is 93.2 Å². The number of pyridine rings is 2. The van der Waals surface area contributed by atoms with Crippen molar-refractivity contribution in [2.24, 2.45) is 0 Å². The summed E-state index contributed by atoms with van der Waals surface area (Å²) in [6, 6.07) is 2.85. The molecular formula is C14H14N4O3. The second kappa shape index (κ2) is 6.47. The Morgan fingerprint density at radius 2 is 2.10 bits per heavy atom. The van der Waals surface area contributed by atoms with Gasteiger partial charge >= 0.3 is 6.03 Å². The Morgan fingerprint density at radius 1 is 1.29 bits per heavy atom. The van der Waals surface area contributed by atoms with Crippen molar-refractivity contribution in [3.8, 4) is 11.5 Å². The van der Waals surface area contributed by atoms with Gasteiger partial charge in [-0.3, -0.25) is 15.1 Å². The van der Waals surface area contributed by atoms with Crippen molar-refractivity contribution in [3.63, 3.8) is 0 Å². The minimum absolute atomic E-state index is 0.274. The number of urea groups is 1. The van der Waals surface area contributed by atoms with Crippen LogP contribution in [0.5, 0.6) is 11.5 Å². The largest absolute Gasteiger partial charge is 0.455 e. The number of aromatic nitrogens is 2. The number of aldehydes is 1. The van der Waals surface area contributed by atoms with E-state index in [0.29, 0.717) is 17.8 Å². The summed E-state index contributed by atoms with van der Waals surface area (Å²) in [4.78, 5) is 30.3. The number of hydrogen-bond donors (Lipinski definition) is 2. The minimum atomic E-state index is -0.412. The molecule has 0 atom stereocenters. The van der Waals surface area contributed by atoms with Crippen LogP contribution in [0, 0.1) is 6.92 Å². The van der Waals surface area contributed by atoms with E-state index in [1.54, 1.807) is 12.3 Å². The first-order valence-corrected chi connectivity index (χ1v) is 6.16. The Morgan fingerprint density at radius 3 is 2.76 bits per heavy atom. The van der Waals surface area contributed by atoms with Crippen LogP contribution < -0.4 is 15.4 Å². The normalized spacial score (nSPS) is 9.81. The van der Waals surface area contributed by atoms with Crippen LogP contribution in [0.25, 0.3) is 0 Å². The maximum atomic E-state index is 11.3. The lowest BCUT2D eigenvalue weighted by Crippen LogP contribution is -2.24. The van der Waals surface area contributed by atoms with Crippen molar-refractivity contribution in [1.82, 2.24) is 15.3 Å². The average Bonchev–Trinajstić information content (AvgIpc) is 2.47. The Labute approximate surface area is 121 Å². The zero-order chi connectivity index (χ0) is 15.2. The summed E-state index contributed by atoms with van der Waals surface area (Å²) >= 11 is 0. The fraction of sp³-hybridized carbons (Fsp3) is 0.143. The van der Waals surface area contributed by atoms with Gasteiger partial charge in [-0.05, 0) is 18.6 Å². The third kappa shape index (κ3) is 3.75. The first-order chi connectivity index (χ1) is 10.1. The number of nitrogens with one attached hydrogen (secondary N) is 2. The number of anilines is 1. The maximum Gasteiger partial charge on any atom is 0.320 e. The van der Waals surface area contributed by atoms with Crippen LogP contribution in [0.4, 0.5) is 10.6 Å². The third-order valence-corrected chi connectivity index (χ3v) is 2.57. The third-order valence-electron chi connectivity index (χ3n) is 2.57. The van der Waals surface area contributed by atoms with E-state index < -0.39 is 6.03 Å². The molecule has 0 spiro atoms. The van der Waals surface area contributed by atoms with Gasteiger partial charge < -0.3 is 10.1 Å². The fourth-order valence-corrected chi connectivity index (χ4v) is 1.58. The van der Waals surface area contributed by atoms with Crippen molar-refractivity contribution in [2.45, 2.75) is 6.92 Å². The second-order valence-corrected chi connectivity index (χ2v) is 4.23. The summed E-state index contributed by atoms with van der Waals surface area (Å²) in [5.41, 5.74) is 1.21. The molecule has 2 heterocycles. The van der Waals surface area contributed by atoms with Crippen LogP contribution in [-0.2, 0) is 0 Å². The molecule has 2 aromatic rings. The highest BCUT2D eigenvalue weighted by Gasteiger charge is 2.09. The van der Waals surface area contributed by atoms with Gasteiger partial charge in [-0.1, -0.05) is 0 Å². The summed E-state index contributed by atoms with van der Waals surface area (Å²) in [5, 5.41) is 4.92. The molecule has 108 valence electrons. The van der Waals surface area contributed by atoms with Crippen molar-refractivity contribution in [1.29, 1.82) is 0 Å². The molecule has 0 fully saturated rings. The predicted molar refractivity (Wildman–Crippen MR) is 76.8 cm³/mol. The van der Waals surface area contributed by atoms with Gasteiger partial charge in [0.2, 0.25) is 0 Å². The average molecular weight is 286 g/mol. The summed E-state index contributed by atoms with van der Waals surface area (Å²) in [6.07, 6.45) is 5.19. The van der Waals surface area contributed by atoms with Gasteiger partial charge in [-0.2, -0.15) is 0 Å². The molecule has 7 heteroatoms. The second-order valence-electron chi connectivity index (χ2n) is 4.23. The predicted octanol–water partition coefficient (Wildman–Crippen LogP) is 2.14. The van der Waals surface area contributed by atoms with Crippen LogP contribution in [0.2, 0.25) is 0 Å². The van der Waals surface area contributed by atoms with Gasteiger partial charge in [0.1, 0.15) is 17.3 Å². The Balaban J connectivity index is 2.29. The number of amides is 2. The monoisotopic (exact) mass is 286 g/mol. The van der Waals surface area contributed by atoms with E-state index in [9.17, 15) is 9.59 Å². The molecule has 0 aromatic carbocycles. The number of ether oxygens (including phenoxy) is 1. The summed E-state index contributed by atoms with van der Waals surface area (Å²) < 4.78 is 5.63. The van der Waals surface area contributed by atoms with E-state index in [1.165, 1.54) is 25.5 Å². The molecular weight excluding hydrogens is 272 g/mol. The zero-order valence-electron chi connectivity index (χ0n) is 11.6. The number of carbonyl (C=O) groups is 2. The molecule has 0 saturated carbocycles. The van der Waals surface area contributed by atoms with Crippen LogP contribution >= 0.6 is 0 Å². The maximum absolute atomic E-state index is 11.3. The lowest BCUT2D eigenvalue weighted by molar-refractivity contribution is 0.112. The Bertz CT molecular complexity index is 673. The minimum Gasteiger partial charge on any atom is -0.455 e. The van der Waals surface area contributed by atoms with Crippen LogP contribution in [-0.4, -0.2) is 29.3 Å². The van der Waals surface area contributed by atoms with Gasteiger partial charge in [-0.25, -0.2) is 9.78 Å². The highest BCUT2D eigenvalue weighted by Crippen LogP contribution is 2.26. The van der Waals surface area contributed by atoms with Gasteiger partial charge in [0.15, 0.2) is 6.29 Å². The van der Waals surface area contributed by atoms with E-state index in [-0.39, 0.29) is 11.4 Å². The van der Waals surface area contributed by atoms with E-state index >= 15 is 0 Å². The summed E-state index contributed by atoms with van der Waals surface area (Å²) in [6.45, 7) is 1.88. The lowest BCUT2D eigenvalue weighted by Gasteiger charge is -2.10. The van der Waals surface area contributed by atoms with E-state index in [4.69, 9.17) is 4.74 Å². The molecule has 2 N–H and O–H groups in total. The van der Waals surface area contributed by atoms with Gasteiger partial charge in [-0.15, -0.1) is 0 Å². The van der Waals surface area contributed by atoms with Crippen LogP contribution in [0.1, 0.15) is 15.9 Å². The van der Waals surface area contributed by atoms with Crippen LogP contribution in [0.3, 0.4) is 0 Å². The molecule has 21 heavy (non-hydrogen) atoms. The van der Waals surface area contributed by atoms with Crippen molar-refractivity contribution >= 4 is 18.1 Å². The van der Waals surface area contributed by atoms with E-state index in [2.05, 4.69) is 20.6 Å². The summed E-state index contributed by atoms with van der Waals surface area (Å²) in [7, 11) is 1.49. The molecule has 0 aliphatic carbocycles. The Kier molecular flexibility index (Phi) is 4.45. The molecule has 2 amide bonds. The first kappa shape index (κ1) is 14.4. The highest BCUT2D eigenvalue weighted by atomic mass is 16.5. The Hall–Kier alpha value is -2.96. The van der Waals surface area contributed by atoms with Crippen molar-refractivity contribution < 1.29 is 14.3 Å². The molecule has 0 aliphatic heterocycles. The van der Waals surface area contributed by atoms with Gasteiger partial charge in [0.25, 0.3) is 0 Å². The molecule has 0 bridgehead atoms. The molecule has 0 unspecified atom stereocenters. The standard InChI is InChI=1S/C14H14N4O3/c1-9-3-11(7-16-5-9)21-12-4-13(18-14(20)15-2)17-6-10(12)8-19/h3-8H,1-2H3,(H2,15,17,18,20). The molecule has 7 nitrogen and oxygen atoms in total. The molecule has 2 rings (SSSR count). The van der Waals surface area contributed by atoms with Gasteiger partial charge in [0.05, 0.1) is 11.8 Å². The van der Waals surface area contributed by atoms with E-state index in [0.717, 1.165) is 5.56 Å². The van der Waals surface area contributed by atoms with Crippen molar-refractivity contribution in [2.75, 3.05) is 12.4 Å². The SMILES string of the molecule is CNC(=O)Nc1cc(Oc2cncc(C)c2)c(C=O)cn1. The summed E-state index contributed by atoms with van der Waals surface area (Å²) in [5.74, 6) is 1.06. The number of aryl methyl sites for hydroxylation is 1. The molecule has 0 radical (unpaired) electrons. The number of nitrogens with zero attached hydrogens (tertiary/aromatic N) is 2. The fourth-order valence-electron chi connectivity index (χ4n) is 1.58. The molecule has 2 aromatic heterocycles. The number of rotatable bonds is 4. The quantitative estimate of drug-likeness (QED) is 0.840. The molecule has 0 aliphatic rings. The first-order valence-electron chi connectivity index (χ1n) is 6.16. The number of carbonyl (C=O) groups excluding carboxylic acids is 2. The smallest absolute Gasteiger partial charge is 0.320 e. The zero-order valence-corrected chi connectivity index (χ0v) is 11.6. The highest BCUT2D eigenvalue weighted by molar-refractivity contribution is 5.89. The van der Waals surface area contributed by atoms with Crippen molar-refractivity contribution in [3.05, 3.63) is 41.9 Å². The lowest BCUT2D eigenvalue weighted by atomic mass is 10.2. The van der Waals surface area contributed by atoms with E-state index in [1.807, 2.05) is 6.92 Å². The molecule has 0 saturated heterocycles. The number of hydrogen-bond acceptors (Lipinski definition) is 5.